The van der Waals surface area contributed by atoms with Crippen LogP contribution in [-0.2, 0) is 0 Å². The number of anilines is 1. The molecule has 1 heterocycles. The highest BCUT2D eigenvalue weighted by Crippen LogP contribution is 2.20. The molecule has 1 aliphatic rings. The number of aryl methyl sites for hydroxylation is 1. The molecule has 1 aromatic heterocycles. The first-order valence-corrected chi connectivity index (χ1v) is 9.19. The van der Waals surface area contributed by atoms with Gasteiger partial charge in [0.1, 0.15) is 5.69 Å². The molecule has 2 aromatic rings. The highest BCUT2D eigenvalue weighted by atomic mass is 16.2. The molecule has 0 atom stereocenters. The van der Waals surface area contributed by atoms with Crippen LogP contribution < -0.4 is 10.6 Å². The molecule has 0 unspecified atom stereocenters. The van der Waals surface area contributed by atoms with Crippen LogP contribution in [0.5, 0.6) is 0 Å². The zero-order valence-corrected chi connectivity index (χ0v) is 15.3. The van der Waals surface area contributed by atoms with Gasteiger partial charge < -0.3 is 10.6 Å². The average Bonchev–Trinajstić information content (AvgIpc) is 2.66. The van der Waals surface area contributed by atoms with E-state index in [1.165, 1.54) is 12.6 Å². The SMILES string of the molecule is Cc1cccc(NC(=O)c2ccnc(C(=O)NC3CCCCC3)c2)c1C. The fourth-order valence-corrected chi connectivity index (χ4v) is 3.28. The van der Waals surface area contributed by atoms with E-state index in [1.54, 1.807) is 12.1 Å². The maximum absolute atomic E-state index is 12.6. The Morgan fingerprint density at radius 2 is 1.81 bits per heavy atom. The third-order valence-electron chi connectivity index (χ3n) is 5.05. The molecule has 2 amide bonds. The van der Waals surface area contributed by atoms with Gasteiger partial charge in [-0.05, 0) is 56.0 Å². The smallest absolute Gasteiger partial charge is 0.270 e. The van der Waals surface area contributed by atoms with Crippen molar-refractivity contribution >= 4 is 17.5 Å². The first-order valence-electron chi connectivity index (χ1n) is 9.19. The number of carbonyl (C=O) groups is 2. The van der Waals surface area contributed by atoms with E-state index in [0.717, 1.165) is 42.5 Å². The molecule has 2 N–H and O–H groups in total. The molecule has 1 aromatic carbocycles. The minimum Gasteiger partial charge on any atom is -0.348 e. The fourth-order valence-electron chi connectivity index (χ4n) is 3.28. The molecule has 5 heteroatoms. The number of nitrogens with zero attached hydrogens (tertiary/aromatic N) is 1. The van der Waals surface area contributed by atoms with Gasteiger partial charge in [-0.2, -0.15) is 0 Å². The molecular formula is C21H25N3O2. The Bertz CT molecular complexity index is 811. The summed E-state index contributed by atoms with van der Waals surface area (Å²) in [5.74, 6) is -0.453. The third kappa shape index (κ3) is 4.28. The maximum atomic E-state index is 12.6. The van der Waals surface area contributed by atoms with Gasteiger partial charge in [0, 0.05) is 23.5 Å². The lowest BCUT2D eigenvalue weighted by atomic mass is 9.95. The first kappa shape index (κ1) is 18.1. The van der Waals surface area contributed by atoms with Gasteiger partial charge in [0.15, 0.2) is 0 Å². The summed E-state index contributed by atoms with van der Waals surface area (Å²) in [6, 6.07) is 9.18. The summed E-state index contributed by atoms with van der Waals surface area (Å²) in [6.07, 6.45) is 7.07. The largest absolute Gasteiger partial charge is 0.348 e. The summed E-state index contributed by atoms with van der Waals surface area (Å²) in [5, 5.41) is 5.95. The number of benzene rings is 1. The van der Waals surface area contributed by atoms with E-state index in [4.69, 9.17) is 0 Å². The van der Waals surface area contributed by atoms with Gasteiger partial charge in [0.05, 0.1) is 0 Å². The highest BCUT2D eigenvalue weighted by Gasteiger charge is 2.18. The van der Waals surface area contributed by atoms with Crippen molar-refractivity contribution < 1.29 is 9.59 Å². The summed E-state index contributed by atoms with van der Waals surface area (Å²) in [6.45, 7) is 3.98. The lowest BCUT2D eigenvalue weighted by Gasteiger charge is -2.22. The minimum atomic E-state index is -0.243. The zero-order valence-electron chi connectivity index (χ0n) is 15.3. The third-order valence-corrected chi connectivity index (χ3v) is 5.05. The van der Waals surface area contributed by atoms with Crippen LogP contribution in [0.15, 0.2) is 36.5 Å². The van der Waals surface area contributed by atoms with Gasteiger partial charge in [-0.25, -0.2) is 0 Å². The van der Waals surface area contributed by atoms with Gasteiger partial charge in [0.2, 0.25) is 0 Å². The molecule has 0 spiro atoms. The molecule has 1 aliphatic carbocycles. The topological polar surface area (TPSA) is 71.1 Å². The van der Waals surface area contributed by atoms with Crippen LogP contribution in [0.1, 0.15) is 64.1 Å². The van der Waals surface area contributed by atoms with E-state index in [0.29, 0.717) is 5.56 Å². The minimum absolute atomic E-state index is 0.210. The van der Waals surface area contributed by atoms with Crippen molar-refractivity contribution in [3.8, 4) is 0 Å². The number of hydrogen-bond donors (Lipinski definition) is 2. The van der Waals surface area contributed by atoms with Crippen LogP contribution in [0.4, 0.5) is 5.69 Å². The van der Waals surface area contributed by atoms with Crippen LogP contribution >= 0.6 is 0 Å². The number of hydrogen-bond acceptors (Lipinski definition) is 3. The standard InChI is InChI=1S/C21H25N3O2/c1-14-7-6-10-18(15(14)2)24-20(25)16-11-12-22-19(13-16)21(26)23-17-8-4-3-5-9-17/h6-7,10-13,17H,3-5,8-9H2,1-2H3,(H,23,26)(H,24,25). The van der Waals surface area contributed by atoms with Crippen molar-refractivity contribution in [1.82, 2.24) is 10.3 Å². The van der Waals surface area contributed by atoms with Gasteiger partial charge in [-0.15, -0.1) is 0 Å². The van der Waals surface area contributed by atoms with E-state index >= 15 is 0 Å². The Kier molecular flexibility index (Phi) is 5.66. The van der Waals surface area contributed by atoms with Gasteiger partial charge in [0.25, 0.3) is 11.8 Å². The number of aromatic nitrogens is 1. The molecule has 3 rings (SSSR count). The molecule has 5 nitrogen and oxygen atoms in total. The molecule has 0 aliphatic heterocycles. The van der Waals surface area contributed by atoms with Crippen LogP contribution in [0.25, 0.3) is 0 Å². The van der Waals surface area contributed by atoms with Gasteiger partial charge >= 0.3 is 0 Å². The number of nitrogens with one attached hydrogen (secondary N) is 2. The van der Waals surface area contributed by atoms with Crippen molar-refractivity contribution in [1.29, 1.82) is 0 Å². The van der Waals surface area contributed by atoms with Crippen molar-refractivity contribution in [2.45, 2.75) is 52.0 Å². The lowest BCUT2D eigenvalue weighted by molar-refractivity contribution is 0.0922. The molecule has 1 saturated carbocycles. The van der Waals surface area contributed by atoms with E-state index < -0.39 is 0 Å². The highest BCUT2D eigenvalue weighted by molar-refractivity contribution is 6.06. The summed E-state index contributed by atoms with van der Waals surface area (Å²) >= 11 is 0. The molecule has 1 fully saturated rings. The molecule has 0 bridgehead atoms. The van der Waals surface area contributed by atoms with Crippen molar-refractivity contribution in [2.75, 3.05) is 5.32 Å². The van der Waals surface area contributed by atoms with Crippen LogP contribution in [-0.4, -0.2) is 22.8 Å². The molecule has 0 radical (unpaired) electrons. The number of carbonyl (C=O) groups excluding carboxylic acids is 2. The van der Waals surface area contributed by atoms with Crippen molar-refractivity contribution in [2.24, 2.45) is 0 Å². The normalized spacial score (nSPS) is 14.7. The number of pyridine rings is 1. The molecule has 26 heavy (non-hydrogen) atoms. The van der Waals surface area contributed by atoms with E-state index in [9.17, 15) is 9.59 Å². The predicted octanol–water partition coefficient (Wildman–Crippen LogP) is 4.01. The predicted molar refractivity (Wildman–Crippen MR) is 102 cm³/mol. The van der Waals surface area contributed by atoms with Gasteiger partial charge in [-0.3, -0.25) is 14.6 Å². The monoisotopic (exact) mass is 351 g/mol. The van der Waals surface area contributed by atoms with Crippen molar-refractivity contribution in [3.63, 3.8) is 0 Å². The summed E-state index contributed by atoms with van der Waals surface area (Å²) in [7, 11) is 0. The Balaban J connectivity index is 1.70. The lowest BCUT2D eigenvalue weighted by Crippen LogP contribution is -2.36. The first-order chi connectivity index (χ1) is 12.5. The quantitative estimate of drug-likeness (QED) is 0.874. The zero-order chi connectivity index (χ0) is 18.5. The Labute approximate surface area is 154 Å². The maximum Gasteiger partial charge on any atom is 0.270 e. The molecule has 136 valence electrons. The van der Waals surface area contributed by atoms with Crippen molar-refractivity contribution in [3.05, 3.63) is 58.9 Å². The Morgan fingerprint density at radius 3 is 2.58 bits per heavy atom. The second-order valence-electron chi connectivity index (χ2n) is 6.94. The van der Waals surface area contributed by atoms with E-state index in [2.05, 4.69) is 15.6 Å². The second-order valence-corrected chi connectivity index (χ2v) is 6.94. The Hall–Kier alpha value is -2.69. The molecule has 0 saturated heterocycles. The van der Waals surface area contributed by atoms with Crippen LogP contribution in [0.2, 0.25) is 0 Å². The van der Waals surface area contributed by atoms with Gasteiger partial charge in [-0.1, -0.05) is 31.4 Å². The average molecular weight is 351 g/mol. The summed E-state index contributed by atoms with van der Waals surface area (Å²) in [5.41, 5.74) is 3.63. The Morgan fingerprint density at radius 1 is 1.04 bits per heavy atom. The van der Waals surface area contributed by atoms with Crippen LogP contribution in [0.3, 0.4) is 0 Å². The summed E-state index contributed by atoms with van der Waals surface area (Å²) in [4.78, 5) is 29.1. The number of rotatable bonds is 4. The van der Waals surface area contributed by atoms with Crippen LogP contribution in [0, 0.1) is 13.8 Å². The number of amides is 2. The van der Waals surface area contributed by atoms with E-state index in [1.807, 2.05) is 32.0 Å². The molecular weight excluding hydrogens is 326 g/mol. The fraction of sp³-hybridized carbons (Fsp3) is 0.381. The summed E-state index contributed by atoms with van der Waals surface area (Å²) < 4.78 is 0. The second kappa shape index (κ2) is 8.13. The van der Waals surface area contributed by atoms with E-state index in [-0.39, 0.29) is 23.6 Å².